The van der Waals surface area contributed by atoms with Gasteiger partial charge in [-0.2, -0.15) is 8.42 Å². The Bertz CT molecular complexity index is 398. The van der Waals surface area contributed by atoms with Gasteiger partial charge in [-0.1, -0.05) is 0 Å². The number of alkyl carbamates (subject to hydrolysis) is 1. The van der Waals surface area contributed by atoms with Crippen LogP contribution in [-0.2, 0) is 19.0 Å². The van der Waals surface area contributed by atoms with E-state index in [0.717, 1.165) is 12.7 Å². The van der Waals surface area contributed by atoms with Crippen LogP contribution in [-0.4, -0.2) is 38.5 Å². The van der Waals surface area contributed by atoms with E-state index >= 15 is 0 Å². The highest BCUT2D eigenvalue weighted by Gasteiger charge is 2.33. The Hall–Kier alpha value is -0.820. The van der Waals surface area contributed by atoms with E-state index in [0.29, 0.717) is 12.8 Å². The van der Waals surface area contributed by atoms with E-state index in [1.54, 1.807) is 20.8 Å². The van der Waals surface area contributed by atoms with Gasteiger partial charge >= 0.3 is 6.09 Å². The fraction of sp³-hybridized carbons (Fsp3) is 0.909. The second kappa shape index (κ2) is 5.44. The number of hydrogen-bond donors (Lipinski definition) is 1. The predicted molar refractivity (Wildman–Crippen MR) is 66.7 cm³/mol. The van der Waals surface area contributed by atoms with Gasteiger partial charge in [-0.25, -0.2) is 4.79 Å². The zero-order valence-electron chi connectivity index (χ0n) is 11.2. The van der Waals surface area contributed by atoms with Crippen molar-refractivity contribution in [1.82, 2.24) is 5.32 Å². The van der Waals surface area contributed by atoms with Crippen molar-refractivity contribution in [3.63, 3.8) is 0 Å². The van der Waals surface area contributed by atoms with E-state index < -0.39 is 27.9 Å². The van der Waals surface area contributed by atoms with Crippen LogP contribution in [0.1, 0.15) is 40.0 Å². The van der Waals surface area contributed by atoms with Crippen LogP contribution >= 0.6 is 0 Å². The lowest BCUT2D eigenvalue weighted by Crippen LogP contribution is -2.44. The molecule has 2 atom stereocenters. The van der Waals surface area contributed by atoms with Gasteiger partial charge in [-0.05, 0) is 40.0 Å². The Morgan fingerprint density at radius 3 is 2.39 bits per heavy atom. The number of carbonyl (C=O) groups excluding carboxylic acids is 1. The standard InChI is InChI=1S/C11H21NO5S/c1-11(2,3)16-10(13)12-8-6-5-7-9(8)17-18(4,14)15/h8-9H,5-7H2,1-4H3,(H,12,13). The molecule has 0 aliphatic heterocycles. The first kappa shape index (κ1) is 15.2. The first-order valence-corrected chi connectivity index (χ1v) is 7.76. The highest BCUT2D eigenvalue weighted by Crippen LogP contribution is 2.23. The van der Waals surface area contributed by atoms with Crippen molar-refractivity contribution < 1.29 is 22.1 Å². The van der Waals surface area contributed by atoms with Crippen LogP contribution in [0.3, 0.4) is 0 Å². The normalized spacial score (nSPS) is 24.9. The van der Waals surface area contributed by atoms with E-state index in [-0.39, 0.29) is 6.04 Å². The number of hydrogen-bond acceptors (Lipinski definition) is 5. The molecule has 0 radical (unpaired) electrons. The summed E-state index contributed by atoms with van der Waals surface area (Å²) in [5.41, 5.74) is -0.574. The third-order valence-corrected chi connectivity index (χ3v) is 3.05. The molecule has 1 N–H and O–H groups in total. The SMILES string of the molecule is CC(C)(C)OC(=O)NC1CCCC1OS(C)(=O)=O. The van der Waals surface area contributed by atoms with Crippen molar-refractivity contribution >= 4 is 16.2 Å². The minimum atomic E-state index is -3.50. The van der Waals surface area contributed by atoms with Crippen molar-refractivity contribution in [3.8, 4) is 0 Å². The van der Waals surface area contributed by atoms with Crippen molar-refractivity contribution in [3.05, 3.63) is 0 Å². The lowest BCUT2D eigenvalue weighted by atomic mass is 10.2. The maximum Gasteiger partial charge on any atom is 0.407 e. The predicted octanol–water partition coefficient (Wildman–Crippen LogP) is 1.41. The zero-order chi connectivity index (χ0) is 14.0. The largest absolute Gasteiger partial charge is 0.444 e. The average Bonchev–Trinajstić information content (AvgIpc) is 2.45. The van der Waals surface area contributed by atoms with Crippen LogP contribution in [0.5, 0.6) is 0 Å². The summed E-state index contributed by atoms with van der Waals surface area (Å²) in [6.07, 6.45) is 2.10. The molecule has 0 aromatic heterocycles. The van der Waals surface area contributed by atoms with E-state index in [1.807, 2.05) is 0 Å². The topological polar surface area (TPSA) is 81.7 Å². The maximum atomic E-state index is 11.6. The summed E-state index contributed by atoms with van der Waals surface area (Å²) in [5.74, 6) is 0. The molecule has 0 aromatic carbocycles. The van der Waals surface area contributed by atoms with Gasteiger partial charge in [-0.15, -0.1) is 0 Å². The number of amides is 1. The molecule has 6 nitrogen and oxygen atoms in total. The fourth-order valence-electron chi connectivity index (χ4n) is 1.89. The smallest absolute Gasteiger partial charge is 0.407 e. The molecule has 106 valence electrons. The van der Waals surface area contributed by atoms with Gasteiger partial charge in [0.15, 0.2) is 0 Å². The molecular weight excluding hydrogens is 258 g/mol. The Labute approximate surface area is 108 Å². The number of ether oxygens (including phenoxy) is 1. The molecule has 1 rings (SSSR count). The Morgan fingerprint density at radius 1 is 1.28 bits per heavy atom. The molecule has 1 aliphatic rings. The lowest BCUT2D eigenvalue weighted by molar-refractivity contribution is 0.0466. The van der Waals surface area contributed by atoms with Crippen LogP contribution < -0.4 is 5.32 Å². The van der Waals surface area contributed by atoms with Gasteiger partial charge < -0.3 is 10.1 Å². The Morgan fingerprint density at radius 2 is 1.89 bits per heavy atom. The summed E-state index contributed by atoms with van der Waals surface area (Å²) in [7, 11) is -3.50. The molecule has 1 fully saturated rings. The third-order valence-electron chi connectivity index (χ3n) is 2.45. The molecule has 0 saturated heterocycles. The lowest BCUT2D eigenvalue weighted by Gasteiger charge is -2.24. The van der Waals surface area contributed by atoms with Gasteiger partial charge in [0, 0.05) is 0 Å². The summed E-state index contributed by atoms with van der Waals surface area (Å²) in [6.45, 7) is 5.31. The van der Waals surface area contributed by atoms with Gasteiger partial charge in [0.05, 0.1) is 18.4 Å². The number of nitrogens with one attached hydrogen (secondary N) is 1. The molecule has 0 aromatic rings. The van der Waals surface area contributed by atoms with Crippen LogP contribution in [0.2, 0.25) is 0 Å². The number of carbonyl (C=O) groups is 1. The molecule has 1 saturated carbocycles. The minimum Gasteiger partial charge on any atom is -0.444 e. The molecule has 0 heterocycles. The van der Waals surface area contributed by atoms with E-state index in [4.69, 9.17) is 8.92 Å². The van der Waals surface area contributed by atoms with Gasteiger partial charge in [0.1, 0.15) is 5.60 Å². The monoisotopic (exact) mass is 279 g/mol. The molecule has 1 amide bonds. The van der Waals surface area contributed by atoms with Crippen molar-refractivity contribution in [2.45, 2.75) is 57.8 Å². The Kier molecular flexibility index (Phi) is 4.61. The molecule has 1 aliphatic carbocycles. The van der Waals surface area contributed by atoms with Crippen LogP contribution in [0.15, 0.2) is 0 Å². The second-order valence-corrected chi connectivity index (χ2v) is 7.12. The zero-order valence-corrected chi connectivity index (χ0v) is 12.0. The third kappa shape index (κ3) is 5.68. The van der Waals surface area contributed by atoms with Crippen LogP contribution in [0.4, 0.5) is 4.79 Å². The average molecular weight is 279 g/mol. The summed E-state index contributed by atoms with van der Waals surface area (Å²) in [5, 5.41) is 2.66. The maximum absolute atomic E-state index is 11.6. The molecule has 0 bridgehead atoms. The summed E-state index contributed by atoms with van der Waals surface area (Å²) in [6, 6.07) is -0.311. The van der Waals surface area contributed by atoms with E-state index in [1.165, 1.54) is 0 Å². The van der Waals surface area contributed by atoms with E-state index in [9.17, 15) is 13.2 Å². The number of rotatable bonds is 3. The van der Waals surface area contributed by atoms with Crippen molar-refractivity contribution in [1.29, 1.82) is 0 Å². The van der Waals surface area contributed by atoms with Crippen molar-refractivity contribution in [2.75, 3.05) is 6.26 Å². The van der Waals surface area contributed by atoms with Gasteiger partial charge in [0.2, 0.25) is 0 Å². The van der Waals surface area contributed by atoms with Gasteiger partial charge in [-0.3, -0.25) is 4.18 Å². The molecule has 7 heteroatoms. The molecule has 0 spiro atoms. The quantitative estimate of drug-likeness (QED) is 0.790. The Balaban J connectivity index is 2.53. The first-order chi connectivity index (χ1) is 8.07. The van der Waals surface area contributed by atoms with Crippen LogP contribution in [0, 0.1) is 0 Å². The summed E-state index contributed by atoms with van der Waals surface area (Å²) < 4.78 is 32.2. The summed E-state index contributed by atoms with van der Waals surface area (Å²) in [4.78, 5) is 11.6. The molecular formula is C11H21NO5S. The fourth-order valence-corrected chi connectivity index (χ4v) is 2.57. The second-order valence-electron chi connectivity index (χ2n) is 5.52. The minimum absolute atomic E-state index is 0.311. The van der Waals surface area contributed by atoms with Crippen LogP contribution in [0.25, 0.3) is 0 Å². The highest BCUT2D eigenvalue weighted by molar-refractivity contribution is 7.86. The van der Waals surface area contributed by atoms with E-state index in [2.05, 4.69) is 5.32 Å². The van der Waals surface area contributed by atoms with Crippen molar-refractivity contribution in [2.24, 2.45) is 0 Å². The first-order valence-electron chi connectivity index (χ1n) is 5.94. The van der Waals surface area contributed by atoms with Gasteiger partial charge in [0.25, 0.3) is 10.1 Å². The summed E-state index contributed by atoms with van der Waals surface area (Å²) >= 11 is 0. The molecule has 2 unspecified atom stereocenters. The highest BCUT2D eigenvalue weighted by atomic mass is 32.2. The molecule has 18 heavy (non-hydrogen) atoms.